The largest absolute Gasteiger partial charge is 0.469 e. The minimum Gasteiger partial charge on any atom is -0.469 e. The Hall–Kier alpha value is -2.09. The third-order valence-corrected chi connectivity index (χ3v) is 4.82. The van der Waals surface area contributed by atoms with E-state index in [9.17, 15) is 9.50 Å². The van der Waals surface area contributed by atoms with Crippen LogP contribution in [0.1, 0.15) is 30.3 Å². The summed E-state index contributed by atoms with van der Waals surface area (Å²) < 4.78 is 24.6. The number of guanidine groups is 1. The van der Waals surface area contributed by atoms with Crippen molar-refractivity contribution in [2.24, 2.45) is 4.99 Å². The summed E-state index contributed by atoms with van der Waals surface area (Å²) in [6, 6.07) is 8.01. The second-order valence-electron chi connectivity index (χ2n) is 6.65. The number of benzene rings is 1. The van der Waals surface area contributed by atoms with Crippen molar-refractivity contribution in [3.63, 3.8) is 0 Å². The molecule has 3 N–H and O–H groups in total. The summed E-state index contributed by atoms with van der Waals surface area (Å²) >= 11 is 5.69. The average Bonchev–Trinajstić information content (AvgIpc) is 3.39. The van der Waals surface area contributed by atoms with Gasteiger partial charge in [0.1, 0.15) is 11.6 Å². The normalized spacial score (nSPS) is 18.2. The predicted molar refractivity (Wildman–Crippen MR) is 106 cm³/mol. The lowest BCUT2D eigenvalue weighted by atomic mass is 10.1. The third-order valence-electron chi connectivity index (χ3n) is 4.52. The first kappa shape index (κ1) is 20.6. The molecule has 152 valence electrons. The smallest absolute Gasteiger partial charge is 0.191 e. The molecule has 0 saturated carbocycles. The summed E-state index contributed by atoms with van der Waals surface area (Å²) in [6.07, 6.45) is 3.65. The molecule has 2 aromatic rings. The maximum atomic E-state index is 13.6. The number of nitrogens with one attached hydrogen (secondary N) is 2. The van der Waals surface area contributed by atoms with Gasteiger partial charge in [0, 0.05) is 26.1 Å². The average molecular weight is 410 g/mol. The first-order valence-electron chi connectivity index (χ1n) is 9.41. The molecule has 2 heterocycles. The molecule has 0 spiro atoms. The van der Waals surface area contributed by atoms with Gasteiger partial charge < -0.3 is 24.9 Å². The molecule has 0 amide bonds. The molecule has 1 aliphatic heterocycles. The fourth-order valence-electron chi connectivity index (χ4n) is 2.95. The van der Waals surface area contributed by atoms with Gasteiger partial charge in [-0.1, -0.05) is 17.7 Å². The Kier molecular flexibility index (Phi) is 7.71. The van der Waals surface area contributed by atoms with Crippen LogP contribution < -0.4 is 10.6 Å². The molecule has 1 fully saturated rings. The van der Waals surface area contributed by atoms with Crippen LogP contribution in [0, 0.1) is 5.82 Å². The van der Waals surface area contributed by atoms with Gasteiger partial charge in [-0.25, -0.2) is 4.39 Å². The van der Waals surface area contributed by atoms with Crippen LogP contribution in [0.3, 0.4) is 0 Å². The zero-order chi connectivity index (χ0) is 19.8. The van der Waals surface area contributed by atoms with E-state index in [1.165, 1.54) is 12.1 Å². The number of rotatable bonds is 8. The first-order valence-corrected chi connectivity index (χ1v) is 9.79. The highest BCUT2D eigenvalue weighted by molar-refractivity contribution is 6.30. The van der Waals surface area contributed by atoms with E-state index in [1.54, 1.807) is 12.3 Å². The molecule has 0 radical (unpaired) electrons. The molecule has 1 aliphatic rings. The van der Waals surface area contributed by atoms with Gasteiger partial charge >= 0.3 is 0 Å². The van der Waals surface area contributed by atoms with Crippen molar-refractivity contribution < 1.29 is 18.7 Å². The van der Waals surface area contributed by atoms with Gasteiger partial charge in [0.25, 0.3) is 0 Å². The molecular formula is C20H25ClFN3O3. The number of aliphatic imine (C=N–C) groups is 1. The molecule has 0 aliphatic carbocycles. The van der Waals surface area contributed by atoms with Crippen LogP contribution in [0.4, 0.5) is 4.39 Å². The number of ether oxygens (including phenoxy) is 1. The van der Waals surface area contributed by atoms with E-state index in [-0.39, 0.29) is 17.7 Å². The Morgan fingerprint density at radius 3 is 2.96 bits per heavy atom. The van der Waals surface area contributed by atoms with Crippen molar-refractivity contribution in [2.45, 2.75) is 31.5 Å². The van der Waals surface area contributed by atoms with E-state index in [4.69, 9.17) is 20.8 Å². The van der Waals surface area contributed by atoms with Crippen LogP contribution in [0.5, 0.6) is 0 Å². The second-order valence-corrected chi connectivity index (χ2v) is 7.06. The zero-order valence-electron chi connectivity index (χ0n) is 15.5. The van der Waals surface area contributed by atoms with E-state index >= 15 is 0 Å². The number of furan rings is 1. The lowest BCUT2D eigenvalue weighted by Crippen LogP contribution is -2.42. The Morgan fingerprint density at radius 1 is 1.36 bits per heavy atom. The Morgan fingerprint density at radius 2 is 2.25 bits per heavy atom. The SMILES string of the molecule is OC(CN=C(NCCc1ccco1)NCC1CCCO1)c1ccc(Cl)c(F)c1. The second kappa shape index (κ2) is 10.5. The molecule has 28 heavy (non-hydrogen) atoms. The summed E-state index contributed by atoms with van der Waals surface area (Å²) in [6.45, 7) is 2.13. The van der Waals surface area contributed by atoms with Crippen molar-refractivity contribution in [2.75, 3.05) is 26.2 Å². The fourth-order valence-corrected chi connectivity index (χ4v) is 3.07. The number of aliphatic hydroxyl groups excluding tert-OH is 1. The van der Waals surface area contributed by atoms with E-state index < -0.39 is 11.9 Å². The van der Waals surface area contributed by atoms with Crippen LogP contribution >= 0.6 is 11.6 Å². The van der Waals surface area contributed by atoms with Gasteiger partial charge in [0.2, 0.25) is 0 Å². The van der Waals surface area contributed by atoms with Crippen molar-refractivity contribution in [3.8, 4) is 0 Å². The fraction of sp³-hybridized carbons (Fsp3) is 0.450. The standard InChI is InChI=1S/C20H25ClFN3O3/c21-17-6-5-14(11-18(17)22)19(26)13-25-20(24-12-16-4-2-10-28-16)23-8-7-15-3-1-9-27-15/h1,3,5-6,9,11,16,19,26H,2,4,7-8,10,12-13H2,(H2,23,24,25). The van der Waals surface area contributed by atoms with Gasteiger partial charge in [-0.15, -0.1) is 0 Å². The van der Waals surface area contributed by atoms with E-state index in [2.05, 4.69) is 15.6 Å². The highest BCUT2D eigenvalue weighted by atomic mass is 35.5. The molecule has 8 heteroatoms. The Labute approximate surface area is 168 Å². The predicted octanol–water partition coefficient (Wildman–Crippen LogP) is 3.06. The number of halogens is 2. The summed E-state index contributed by atoms with van der Waals surface area (Å²) in [5.41, 5.74) is 0.430. The van der Waals surface area contributed by atoms with Crippen molar-refractivity contribution in [1.82, 2.24) is 10.6 Å². The number of aliphatic hydroxyl groups is 1. The molecule has 2 unspecified atom stereocenters. The van der Waals surface area contributed by atoms with Crippen LogP contribution in [0.15, 0.2) is 46.0 Å². The first-order chi connectivity index (χ1) is 13.6. The molecule has 1 aromatic heterocycles. The van der Waals surface area contributed by atoms with Crippen LogP contribution in [0.2, 0.25) is 5.02 Å². The van der Waals surface area contributed by atoms with Gasteiger partial charge in [0.05, 0.1) is 30.0 Å². The lowest BCUT2D eigenvalue weighted by Gasteiger charge is -2.16. The van der Waals surface area contributed by atoms with Crippen LogP contribution in [-0.4, -0.2) is 43.4 Å². The van der Waals surface area contributed by atoms with E-state index in [1.807, 2.05) is 12.1 Å². The highest BCUT2D eigenvalue weighted by Crippen LogP contribution is 2.20. The minimum absolute atomic E-state index is 0.0259. The summed E-state index contributed by atoms with van der Waals surface area (Å²) in [7, 11) is 0. The molecule has 6 nitrogen and oxygen atoms in total. The molecule has 2 atom stereocenters. The van der Waals surface area contributed by atoms with Crippen molar-refractivity contribution >= 4 is 17.6 Å². The van der Waals surface area contributed by atoms with E-state index in [0.29, 0.717) is 31.0 Å². The topological polar surface area (TPSA) is 79.0 Å². The van der Waals surface area contributed by atoms with Gasteiger partial charge in [-0.05, 0) is 42.7 Å². The van der Waals surface area contributed by atoms with Gasteiger partial charge in [-0.3, -0.25) is 4.99 Å². The summed E-state index contributed by atoms with van der Waals surface area (Å²) in [4.78, 5) is 4.43. The van der Waals surface area contributed by atoms with Crippen molar-refractivity contribution in [1.29, 1.82) is 0 Å². The summed E-state index contributed by atoms with van der Waals surface area (Å²) in [5.74, 6) is 0.883. The summed E-state index contributed by atoms with van der Waals surface area (Å²) in [5, 5.41) is 16.8. The molecule has 1 aromatic carbocycles. The van der Waals surface area contributed by atoms with Gasteiger partial charge in [-0.2, -0.15) is 0 Å². The molecule has 1 saturated heterocycles. The minimum atomic E-state index is -0.932. The molecule has 0 bridgehead atoms. The molecular weight excluding hydrogens is 385 g/mol. The Bertz CT molecular complexity index is 764. The Balaban J connectivity index is 1.57. The third kappa shape index (κ3) is 6.22. The highest BCUT2D eigenvalue weighted by Gasteiger charge is 2.16. The van der Waals surface area contributed by atoms with Gasteiger partial charge in [0.15, 0.2) is 5.96 Å². The monoisotopic (exact) mass is 409 g/mol. The molecule has 3 rings (SSSR count). The quantitative estimate of drug-likeness (QED) is 0.461. The number of hydrogen-bond acceptors (Lipinski definition) is 4. The maximum absolute atomic E-state index is 13.6. The maximum Gasteiger partial charge on any atom is 0.191 e. The number of nitrogens with zero attached hydrogens (tertiary/aromatic N) is 1. The van der Waals surface area contributed by atoms with Crippen molar-refractivity contribution in [3.05, 3.63) is 58.8 Å². The lowest BCUT2D eigenvalue weighted by molar-refractivity contribution is 0.113. The van der Waals surface area contributed by atoms with Crippen LogP contribution in [-0.2, 0) is 11.2 Å². The van der Waals surface area contributed by atoms with Crippen LogP contribution in [0.25, 0.3) is 0 Å². The number of hydrogen-bond donors (Lipinski definition) is 3. The zero-order valence-corrected chi connectivity index (χ0v) is 16.3. The van der Waals surface area contributed by atoms with E-state index in [0.717, 1.165) is 25.2 Å².